The lowest BCUT2D eigenvalue weighted by Crippen LogP contribution is -2.75. The van der Waals surface area contributed by atoms with Crippen LogP contribution < -0.4 is 4.90 Å². The summed E-state index contributed by atoms with van der Waals surface area (Å²) in [5, 5.41) is 9.20. The molecule has 0 unspecified atom stereocenters. The molecule has 0 N–H and O–H groups in total. The Kier molecular flexibility index (Phi) is 3.70. The van der Waals surface area contributed by atoms with Gasteiger partial charge in [0.05, 0.1) is 25.2 Å². The minimum atomic E-state index is -1.70. The molecule has 26 heavy (non-hydrogen) atoms. The highest BCUT2D eigenvalue weighted by molar-refractivity contribution is 5.86. The molecule has 7 nitrogen and oxygen atoms in total. The average Bonchev–Trinajstić information content (AvgIpc) is 2.55. The molecule has 4 rings (SSSR count). The number of halogens is 1. The molecule has 3 aliphatic rings. The molecule has 1 saturated carbocycles. The van der Waals surface area contributed by atoms with Crippen molar-refractivity contribution in [1.29, 1.82) is 5.26 Å². The van der Waals surface area contributed by atoms with Crippen molar-refractivity contribution in [2.24, 2.45) is 0 Å². The van der Waals surface area contributed by atoms with E-state index in [0.717, 1.165) is 6.42 Å². The third-order valence-electron chi connectivity index (χ3n) is 5.40. The summed E-state index contributed by atoms with van der Waals surface area (Å²) in [6.07, 6.45) is 4.42. The van der Waals surface area contributed by atoms with Gasteiger partial charge in [0.25, 0.3) is 5.91 Å². The summed E-state index contributed by atoms with van der Waals surface area (Å²) in [7, 11) is 0. The van der Waals surface area contributed by atoms with Crippen molar-refractivity contribution >= 4 is 11.7 Å². The standard InChI is InChI=1S/C18H22FN5O2/c1-16(2)9-24(15(25)18(19)4-3-5-18)12-17(26-16)10-23(11-17)14-13(8-20)21-6-7-22-14/h6-7H,3-5,9-12H2,1-2H3. The second-order valence-corrected chi connectivity index (χ2v) is 8.22. The molecule has 2 aliphatic heterocycles. The second-order valence-electron chi connectivity index (χ2n) is 8.22. The van der Waals surface area contributed by atoms with Crippen LogP contribution in [0.1, 0.15) is 38.8 Å². The Bertz CT molecular complexity index is 780. The molecule has 0 atom stereocenters. The molecule has 1 aromatic heterocycles. The lowest BCUT2D eigenvalue weighted by atomic mass is 9.79. The minimum absolute atomic E-state index is 0.266. The normalized spacial score (nSPS) is 25.2. The molecular weight excluding hydrogens is 337 g/mol. The largest absolute Gasteiger partial charge is 0.362 e. The van der Waals surface area contributed by atoms with Gasteiger partial charge in [0.2, 0.25) is 0 Å². The van der Waals surface area contributed by atoms with Crippen LogP contribution in [0.4, 0.5) is 10.2 Å². The van der Waals surface area contributed by atoms with E-state index in [1.807, 2.05) is 24.8 Å². The third kappa shape index (κ3) is 2.71. The molecule has 138 valence electrons. The Balaban J connectivity index is 1.52. The minimum Gasteiger partial charge on any atom is -0.362 e. The number of nitrogens with zero attached hydrogens (tertiary/aromatic N) is 5. The van der Waals surface area contributed by atoms with Crippen LogP contribution in [0.3, 0.4) is 0 Å². The maximum atomic E-state index is 14.7. The van der Waals surface area contributed by atoms with E-state index in [0.29, 0.717) is 44.8 Å². The monoisotopic (exact) mass is 359 g/mol. The predicted molar refractivity (Wildman–Crippen MR) is 91.1 cm³/mol. The number of rotatable bonds is 2. The molecule has 2 saturated heterocycles. The van der Waals surface area contributed by atoms with Crippen LogP contribution >= 0.6 is 0 Å². The first-order valence-electron chi connectivity index (χ1n) is 8.91. The number of anilines is 1. The van der Waals surface area contributed by atoms with Crippen molar-refractivity contribution in [3.63, 3.8) is 0 Å². The molecule has 3 fully saturated rings. The van der Waals surface area contributed by atoms with Crippen LogP contribution in [0.25, 0.3) is 0 Å². The van der Waals surface area contributed by atoms with Gasteiger partial charge in [-0.2, -0.15) is 5.26 Å². The van der Waals surface area contributed by atoms with Gasteiger partial charge in [0.1, 0.15) is 11.7 Å². The van der Waals surface area contributed by atoms with Gasteiger partial charge in [-0.1, -0.05) is 0 Å². The van der Waals surface area contributed by atoms with Crippen molar-refractivity contribution in [3.8, 4) is 6.07 Å². The molecule has 0 aromatic carbocycles. The van der Waals surface area contributed by atoms with Gasteiger partial charge in [0, 0.05) is 18.9 Å². The van der Waals surface area contributed by atoms with Crippen molar-refractivity contribution in [3.05, 3.63) is 18.1 Å². The zero-order valence-electron chi connectivity index (χ0n) is 15.0. The van der Waals surface area contributed by atoms with Gasteiger partial charge in [-0.3, -0.25) is 4.79 Å². The maximum absolute atomic E-state index is 14.7. The van der Waals surface area contributed by atoms with E-state index < -0.39 is 22.8 Å². The van der Waals surface area contributed by atoms with Crippen molar-refractivity contribution in [1.82, 2.24) is 14.9 Å². The molecule has 3 heterocycles. The fourth-order valence-electron chi connectivity index (χ4n) is 4.25. The van der Waals surface area contributed by atoms with Crippen LogP contribution in [0.5, 0.6) is 0 Å². The van der Waals surface area contributed by atoms with Gasteiger partial charge in [0.15, 0.2) is 17.2 Å². The van der Waals surface area contributed by atoms with E-state index in [1.165, 1.54) is 6.20 Å². The first-order chi connectivity index (χ1) is 12.3. The predicted octanol–water partition coefficient (Wildman–Crippen LogP) is 1.44. The Hall–Kier alpha value is -2.27. The fraction of sp³-hybridized carbons (Fsp3) is 0.667. The van der Waals surface area contributed by atoms with Crippen molar-refractivity contribution in [2.75, 3.05) is 31.1 Å². The summed E-state index contributed by atoms with van der Waals surface area (Å²) in [5.74, 6) is 0.113. The molecule has 0 radical (unpaired) electrons. The number of carbonyl (C=O) groups is 1. The Labute approximate surface area is 151 Å². The van der Waals surface area contributed by atoms with E-state index in [1.54, 1.807) is 11.1 Å². The summed E-state index contributed by atoms with van der Waals surface area (Å²) < 4.78 is 20.9. The first kappa shape index (κ1) is 17.2. The maximum Gasteiger partial charge on any atom is 0.260 e. The summed E-state index contributed by atoms with van der Waals surface area (Å²) in [6, 6.07) is 2.04. The molecule has 0 bridgehead atoms. The number of carbonyl (C=O) groups excluding carboxylic acids is 1. The summed E-state index contributed by atoms with van der Waals surface area (Å²) in [5.41, 5.74) is -2.55. The molecule has 1 amide bonds. The van der Waals surface area contributed by atoms with E-state index in [9.17, 15) is 14.4 Å². The van der Waals surface area contributed by atoms with Gasteiger partial charge in [-0.05, 0) is 33.1 Å². The quantitative estimate of drug-likeness (QED) is 0.795. The highest BCUT2D eigenvalue weighted by Gasteiger charge is 2.56. The van der Waals surface area contributed by atoms with E-state index >= 15 is 0 Å². The zero-order valence-corrected chi connectivity index (χ0v) is 15.0. The number of alkyl halides is 1. The second kappa shape index (κ2) is 5.61. The van der Waals surface area contributed by atoms with E-state index in [4.69, 9.17) is 4.74 Å². The van der Waals surface area contributed by atoms with Crippen LogP contribution in [0, 0.1) is 11.3 Å². The zero-order chi connectivity index (χ0) is 18.6. The Morgan fingerprint density at radius 3 is 2.54 bits per heavy atom. The highest BCUT2D eigenvalue weighted by atomic mass is 19.1. The summed E-state index contributed by atoms with van der Waals surface area (Å²) >= 11 is 0. The molecule has 8 heteroatoms. The number of aromatic nitrogens is 2. The lowest BCUT2D eigenvalue weighted by molar-refractivity contribution is -0.214. The topological polar surface area (TPSA) is 82.4 Å². The molecular formula is C18H22FN5O2. The number of hydrogen-bond donors (Lipinski definition) is 0. The first-order valence-corrected chi connectivity index (χ1v) is 8.91. The number of amides is 1. The smallest absolute Gasteiger partial charge is 0.260 e. The van der Waals surface area contributed by atoms with Crippen molar-refractivity contribution in [2.45, 2.75) is 50.0 Å². The van der Waals surface area contributed by atoms with Crippen LogP contribution in [-0.2, 0) is 9.53 Å². The van der Waals surface area contributed by atoms with Crippen molar-refractivity contribution < 1.29 is 13.9 Å². The number of ether oxygens (including phenoxy) is 1. The number of hydrogen-bond acceptors (Lipinski definition) is 6. The number of morpholine rings is 1. The van der Waals surface area contributed by atoms with Gasteiger partial charge < -0.3 is 14.5 Å². The van der Waals surface area contributed by atoms with Gasteiger partial charge >= 0.3 is 0 Å². The SMILES string of the molecule is CC1(C)CN(C(=O)C2(F)CCC2)CC2(CN(c3nccnc3C#N)C2)O1. The summed E-state index contributed by atoms with van der Waals surface area (Å²) in [4.78, 5) is 24.5. The average molecular weight is 359 g/mol. The number of nitriles is 1. The van der Waals surface area contributed by atoms with E-state index in [-0.39, 0.29) is 5.69 Å². The molecule has 1 spiro atoms. The molecule has 1 aromatic rings. The van der Waals surface area contributed by atoms with Crippen LogP contribution in [0.2, 0.25) is 0 Å². The highest BCUT2D eigenvalue weighted by Crippen LogP contribution is 2.42. The Morgan fingerprint density at radius 1 is 1.23 bits per heavy atom. The van der Waals surface area contributed by atoms with Crippen LogP contribution in [0.15, 0.2) is 12.4 Å². The van der Waals surface area contributed by atoms with Gasteiger partial charge in [-0.25, -0.2) is 14.4 Å². The van der Waals surface area contributed by atoms with Gasteiger partial charge in [-0.15, -0.1) is 0 Å². The summed E-state index contributed by atoms with van der Waals surface area (Å²) in [6.45, 7) is 5.57. The van der Waals surface area contributed by atoms with E-state index in [2.05, 4.69) is 9.97 Å². The fourth-order valence-corrected chi connectivity index (χ4v) is 4.25. The molecule has 1 aliphatic carbocycles. The van der Waals surface area contributed by atoms with Crippen LogP contribution in [-0.4, -0.2) is 63.8 Å². The lowest BCUT2D eigenvalue weighted by Gasteiger charge is -2.59. The Morgan fingerprint density at radius 2 is 1.92 bits per heavy atom. The third-order valence-corrected chi connectivity index (χ3v) is 5.40.